The van der Waals surface area contributed by atoms with Crippen molar-refractivity contribution in [2.24, 2.45) is 12.8 Å². The van der Waals surface area contributed by atoms with E-state index in [0.29, 0.717) is 22.7 Å². The summed E-state index contributed by atoms with van der Waals surface area (Å²) in [7, 11) is 1.65. The lowest BCUT2D eigenvalue weighted by molar-refractivity contribution is -0.162. The van der Waals surface area contributed by atoms with Crippen LogP contribution >= 0.6 is 23.5 Å². The molecule has 1 fully saturated rings. The Kier molecular flexibility index (Phi) is 6.58. The van der Waals surface area contributed by atoms with E-state index in [1.165, 1.54) is 28.2 Å². The van der Waals surface area contributed by atoms with E-state index >= 15 is 0 Å². The molecule has 34 heavy (non-hydrogen) atoms. The number of aryl methyl sites for hydroxylation is 1. The van der Waals surface area contributed by atoms with Gasteiger partial charge in [-0.25, -0.2) is 9.48 Å². The molecule has 1 aromatic carbocycles. The summed E-state index contributed by atoms with van der Waals surface area (Å²) in [5.74, 6) is -2.27. The van der Waals surface area contributed by atoms with Crippen molar-refractivity contribution in [3.8, 4) is 0 Å². The second kappa shape index (κ2) is 9.44. The number of thioether (sulfide) groups is 2. The number of carboxylic acids is 1. The van der Waals surface area contributed by atoms with Gasteiger partial charge in [0.1, 0.15) is 17.1 Å². The summed E-state index contributed by atoms with van der Waals surface area (Å²) in [6.45, 7) is 0. The maximum atomic E-state index is 13.2. The van der Waals surface area contributed by atoms with Gasteiger partial charge in [0.15, 0.2) is 0 Å². The van der Waals surface area contributed by atoms with E-state index in [9.17, 15) is 24.3 Å². The molecule has 178 valence electrons. The van der Waals surface area contributed by atoms with E-state index in [-0.39, 0.29) is 17.2 Å². The summed E-state index contributed by atoms with van der Waals surface area (Å²) in [6, 6.07) is 7.44. The molecule has 0 spiro atoms. The first-order valence-electron chi connectivity index (χ1n) is 9.89. The number of carbonyl (C=O) groups excluding carboxylic acids is 3. The summed E-state index contributed by atoms with van der Waals surface area (Å²) < 4.78 is 1.45. The molecule has 3 heterocycles. The number of β-lactam (4-membered cyclic amide) rings is 1. The quantitative estimate of drug-likeness (QED) is 0.139. The summed E-state index contributed by atoms with van der Waals surface area (Å²) in [4.78, 5) is 50.7. The Bertz CT molecular complexity index is 1170. The smallest absolute Gasteiger partial charge is 0.352 e. The van der Waals surface area contributed by atoms with Gasteiger partial charge >= 0.3 is 5.97 Å². The fourth-order valence-corrected chi connectivity index (χ4v) is 6.10. The average Bonchev–Trinajstić information content (AvgIpc) is 3.25. The van der Waals surface area contributed by atoms with Gasteiger partial charge in [-0.1, -0.05) is 42.1 Å². The van der Waals surface area contributed by atoms with Gasteiger partial charge in [0.2, 0.25) is 23.1 Å². The fourth-order valence-electron chi connectivity index (χ4n) is 3.69. The molecule has 15 heteroatoms. The molecule has 2 aliphatic rings. The van der Waals surface area contributed by atoms with Crippen LogP contribution in [0.1, 0.15) is 11.6 Å². The van der Waals surface area contributed by atoms with Gasteiger partial charge in [0.05, 0.1) is 0 Å². The number of nitrogens with two attached hydrogens (primary N) is 1. The standard InChI is InChI=1S/C19H20N8O5S2/c1-26-18(23-24-25-26)34-8-11-7-33-17-19(21-9-28,16(32)27(17)13(11)15(30)31)22-14(29)12(20)10-5-3-2-4-6-10/h2-6,9,12,17H,7-8,20H2,1H3,(H,21,28)(H,22,29)(H,30,31)/t12?,17-,19+/m0/s1. The number of carbonyl (C=O) groups is 4. The van der Waals surface area contributed by atoms with Crippen molar-refractivity contribution in [2.75, 3.05) is 11.5 Å². The van der Waals surface area contributed by atoms with Crippen LogP contribution in [0.2, 0.25) is 0 Å². The summed E-state index contributed by atoms with van der Waals surface area (Å²) in [5, 5.41) is 25.5. The number of nitrogens with zero attached hydrogens (tertiary/aromatic N) is 5. The lowest BCUT2D eigenvalue weighted by Crippen LogP contribution is -2.85. The zero-order valence-electron chi connectivity index (χ0n) is 17.7. The first-order valence-corrected chi connectivity index (χ1v) is 11.9. The van der Waals surface area contributed by atoms with E-state index in [1.807, 2.05) is 0 Å². The molecule has 1 aromatic heterocycles. The second-order valence-corrected chi connectivity index (χ2v) is 9.43. The number of tetrazole rings is 1. The first-order chi connectivity index (χ1) is 16.3. The molecule has 0 bridgehead atoms. The predicted octanol–water partition coefficient (Wildman–Crippen LogP) is -1.19. The molecular formula is C19H20N8O5S2. The number of aromatic nitrogens is 4. The second-order valence-electron chi connectivity index (χ2n) is 7.42. The first kappa shape index (κ1) is 23.7. The van der Waals surface area contributed by atoms with Crippen molar-refractivity contribution in [2.45, 2.75) is 22.2 Å². The zero-order valence-corrected chi connectivity index (χ0v) is 19.4. The van der Waals surface area contributed by atoms with Crippen LogP contribution in [0.3, 0.4) is 0 Å². The van der Waals surface area contributed by atoms with Gasteiger partial charge < -0.3 is 21.5 Å². The highest BCUT2D eigenvalue weighted by atomic mass is 32.2. The maximum absolute atomic E-state index is 13.2. The Hall–Kier alpha value is -3.43. The van der Waals surface area contributed by atoms with Crippen LogP contribution in [-0.4, -0.2) is 76.9 Å². The number of nitrogens with one attached hydrogen (secondary N) is 2. The molecule has 2 aromatic rings. The lowest BCUT2D eigenvalue weighted by atomic mass is 9.94. The highest BCUT2D eigenvalue weighted by Gasteiger charge is 2.66. The minimum atomic E-state index is -1.82. The van der Waals surface area contributed by atoms with E-state index in [2.05, 4.69) is 26.2 Å². The molecule has 3 atom stereocenters. The molecule has 0 radical (unpaired) electrons. The summed E-state index contributed by atoms with van der Waals surface area (Å²) in [5.41, 5.74) is 5.04. The minimum absolute atomic E-state index is 0.193. The van der Waals surface area contributed by atoms with Gasteiger partial charge in [0.25, 0.3) is 5.91 Å². The van der Waals surface area contributed by atoms with Gasteiger partial charge in [0, 0.05) is 18.6 Å². The SMILES string of the molecule is Cn1nnnc1SCC1=C(C(=O)O)N2C(=O)[C@@](NC=O)(NC(=O)C(N)c3ccccc3)[C@@H]2SC1. The number of amides is 3. The lowest BCUT2D eigenvalue weighted by Gasteiger charge is -2.56. The van der Waals surface area contributed by atoms with E-state index in [4.69, 9.17) is 5.73 Å². The molecule has 13 nitrogen and oxygen atoms in total. The molecule has 4 rings (SSSR count). The van der Waals surface area contributed by atoms with Crippen LogP contribution in [0.25, 0.3) is 0 Å². The number of fused-ring (bicyclic) bond motifs is 1. The Balaban J connectivity index is 1.58. The Morgan fingerprint density at radius 1 is 1.41 bits per heavy atom. The fraction of sp³-hybridized carbons (Fsp3) is 0.316. The molecule has 3 amide bonds. The Morgan fingerprint density at radius 3 is 2.76 bits per heavy atom. The van der Waals surface area contributed by atoms with Gasteiger partial charge in [-0.3, -0.25) is 19.3 Å². The number of hydrogen-bond donors (Lipinski definition) is 4. The van der Waals surface area contributed by atoms with Crippen molar-refractivity contribution < 1.29 is 24.3 Å². The molecule has 1 saturated heterocycles. The highest BCUT2D eigenvalue weighted by Crippen LogP contribution is 2.45. The Labute approximate surface area is 201 Å². The van der Waals surface area contributed by atoms with Gasteiger partial charge in [-0.05, 0) is 21.6 Å². The predicted molar refractivity (Wildman–Crippen MR) is 121 cm³/mol. The van der Waals surface area contributed by atoms with Crippen LogP contribution in [0, 0.1) is 0 Å². The third kappa shape index (κ3) is 4.01. The zero-order chi connectivity index (χ0) is 24.5. The number of benzene rings is 1. The molecule has 5 N–H and O–H groups in total. The van der Waals surface area contributed by atoms with Gasteiger partial charge in [-0.2, -0.15) is 0 Å². The largest absolute Gasteiger partial charge is 0.477 e. The van der Waals surface area contributed by atoms with Crippen LogP contribution in [-0.2, 0) is 26.2 Å². The molecular weight excluding hydrogens is 484 g/mol. The Morgan fingerprint density at radius 2 is 2.15 bits per heavy atom. The number of carboxylic acid groups (broad SMARTS) is 1. The topological polar surface area (TPSA) is 185 Å². The number of rotatable bonds is 9. The molecule has 1 unspecified atom stereocenters. The highest BCUT2D eigenvalue weighted by molar-refractivity contribution is 8.01. The van der Waals surface area contributed by atoms with Gasteiger partial charge in [-0.15, -0.1) is 16.9 Å². The van der Waals surface area contributed by atoms with Crippen LogP contribution < -0.4 is 16.4 Å². The third-order valence-corrected chi connectivity index (χ3v) is 7.85. The average molecular weight is 505 g/mol. The van der Waals surface area contributed by atoms with Crippen molar-refractivity contribution in [3.05, 3.63) is 47.2 Å². The molecule has 2 aliphatic heterocycles. The van der Waals surface area contributed by atoms with Crippen molar-refractivity contribution in [3.63, 3.8) is 0 Å². The minimum Gasteiger partial charge on any atom is -0.477 e. The molecule has 0 aliphatic carbocycles. The molecule has 0 saturated carbocycles. The normalized spacial score (nSPS) is 22.5. The van der Waals surface area contributed by atoms with Crippen molar-refractivity contribution in [1.82, 2.24) is 35.7 Å². The number of hydrogen-bond acceptors (Lipinski definition) is 10. The van der Waals surface area contributed by atoms with E-state index < -0.39 is 34.9 Å². The van der Waals surface area contributed by atoms with Crippen LogP contribution in [0.4, 0.5) is 0 Å². The van der Waals surface area contributed by atoms with Crippen LogP contribution in [0.15, 0.2) is 46.8 Å². The van der Waals surface area contributed by atoms with Crippen molar-refractivity contribution in [1.29, 1.82) is 0 Å². The van der Waals surface area contributed by atoms with E-state index in [0.717, 1.165) is 4.90 Å². The van der Waals surface area contributed by atoms with E-state index in [1.54, 1.807) is 37.4 Å². The summed E-state index contributed by atoms with van der Waals surface area (Å²) >= 11 is 2.45. The number of aliphatic carboxylic acids is 1. The monoisotopic (exact) mass is 504 g/mol. The third-order valence-electron chi connectivity index (χ3n) is 5.36. The summed E-state index contributed by atoms with van der Waals surface area (Å²) in [6.07, 6.45) is 0.292. The van der Waals surface area contributed by atoms with Crippen molar-refractivity contribution >= 4 is 47.7 Å². The van der Waals surface area contributed by atoms with Crippen LogP contribution in [0.5, 0.6) is 0 Å². The maximum Gasteiger partial charge on any atom is 0.352 e.